The summed E-state index contributed by atoms with van der Waals surface area (Å²) in [6.07, 6.45) is 5.06. The molecule has 1 fully saturated rings. The van der Waals surface area contributed by atoms with Crippen LogP contribution in [0.1, 0.15) is 30.7 Å². The number of anilines is 1. The van der Waals surface area contributed by atoms with Crippen molar-refractivity contribution in [2.24, 2.45) is 5.92 Å². The normalized spacial score (nSPS) is 23.1. The molecule has 1 aliphatic rings. The topological polar surface area (TPSA) is 54.2 Å². The first-order chi connectivity index (χ1) is 9.26. The molecule has 5 heteroatoms. The smallest absolute Gasteiger partial charge is 0.155 e. The molecule has 3 heterocycles. The van der Waals surface area contributed by atoms with E-state index in [1.54, 1.807) is 0 Å². The molecule has 19 heavy (non-hydrogen) atoms. The molecule has 2 N–H and O–H groups in total. The molecule has 3 rings (SSSR count). The first-order valence-corrected chi connectivity index (χ1v) is 6.97. The van der Waals surface area contributed by atoms with E-state index in [2.05, 4.69) is 38.8 Å². The van der Waals surface area contributed by atoms with E-state index in [-0.39, 0.29) is 0 Å². The third-order valence-corrected chi connectivity index (χ3v) is 4.28. The van der Waals surface area contributed by atoms with Gasteiger partial charge >= 0.3 is 0 Å². The Morgan fingerprint density at radius 3 is 2.95 bits per heavy atom. The van der Waals surface area contributed by atoms with Gasteiger partial charge in [0.15, 0.2) is 5.65 Å². The highest BCUT2D eigenvalue weighted by molar-refractivity contribution is 5.50. The molecule has 0 saturated carbocycles. The molecular weight excluding hydrogens is 238 g/mol. The standard InChI is InChI=1S/C14H21N5/c1-4-10-5-16-6-11(10)12-7-17-13-8-18-14(15-3)9(2)19(12)13/h7-8,10-11,15-16H,4-6H2,1-3H3. The predicted octanol–water partition coefficient (Wildman–Crippen LogP) is 1.79. The Bertz CT molecular complexity index is 589. The molecule has 0 aromatic carbocycles. The summed E-state index contributed by atoms with van der Waals surface area (Å²) in [5, 5.41) is 6.65. The summed E-state index contributed by atoms with van der Waals surface area (Å²) in [6, 6.07) is 0. The Labute approximate surface area is 113 Å². The van der Waals surface area contributed by atoms with E-state index in [1.165, 1.54) is 12.1 Å². The molecule has 0 radical (unpaired) electrons. The van der Waals surface area contributed by atoms with E-state index >= 15 is 0 Å². The molecule has 0 bridgehead atoms. The number of hydrogen-bond donors (Lipinski definition) is 2. The van der Waals surface area contributed by atoms with Gasteiger partial charge in [-0.25, -0.2) is 9.97 Å². The van der Waals surface area contributed by atoms with Gasteiger partial charge in [0.2, 0.25) is 0 Å². The minimum absolute atomic E-state index is 0.547. The Morgan fingerprint density at radius 1 is 1.37 bits per heavy atom. The van der Waals surface area contributed by atoms with Gasteiger partial charge in [0.25, 0.3) is 0 Å². The molecule has 1 saturated heterocycles. The first kappa shape index (κ1) is 12.4. The van der Waals surface area contributed by atoms with Gasteiger partial charge in [0, 0.05) is 31.4 Å². The predicted molar refractivity (Wildman–Crippen MR) is 76.7 cm³/mol. The Kier molecular flexibility index (Phi) is 3.14. The van der Waals surface area contributed by atoms with Crippen LogP contribution in [0.3, 0.4) is 0 Å². The van der Waals surface area contributed by atoms with E-state index in [9.17, 15) is 0 Å². The number of hydrogen-bond acceptors (Lipinski definition) is 4. The van der Waals surface area contributed by atoms with Crippen LogP contribution >= 0.6 is 0 Å². The minimum atomic E-state index is 0.547. The maximum atomic E-state index is 4.51. The first-order valence-electron chi connectivity index (χ1n) is 6.97. The minimum Gasteiger partial charge on any atom is -0.372 e. The van der Waals surface area contributed by atoms with Gasteiger partial charge in [0.05, 0.1) is 11.9 Å². The van der Waals surface area contributed by atoms with Crippen LogP contribution in [0.5, 0.6) is 0 Å². The van der Waals surface area contributed by atoms with Crippen LogP contribution in [-0.4, -0.2) is 34.5 Å². The molecule has 2 aromatic rings. The average molecular weight is 259 g/mol. The lowest BCUT2D eigenvalue weighted by Gasteiger charge is -2.18. The van der Waals surface area contributed by atoms with Crippen molar-refractivity contribution in [1.82, 2.24) is 19.7 Å². The Balaban J connectivity index is 2.13. The molecule has 2 aromatic heterocycles. The van der Waals surface area contributed by atoms with E-state index in [4.69, 9.17) is 0 Å². The van der Waals surface area contributed by atoms with Crippen molar-refractivity contribution >= 4 is 11.5 Å². The summed E-state index contributed by atoms with van der Waals surface area (Å²) in [4.78, 5) is 8.91. The number of imidazole rings is 1. The second-order valence-corrected chi connectivity index (χ2v) is 5.25. The van der Waals surface area contributed by atoms with Crippen molar-refractivity contribution in [1.29, 1.82) is 0 Å². The van der Waals surface area contributed by atoms with Gasteiger partial charge in [0.1, 0.15) is 5.82 Å². The summed E-state index contributed by atoms with van der Waals surface area (Å²) >= 11 is 0. The third kappa shape index (κ3) is 1.89. The monoisotopic (exact) mass is 259 g/mol. The fourth-order valence-corrected chi connectivity index (χ4v) is 3.17. The SMILES string of the molecule is CCC1CNCC1c1cnc2cnc(NC)c(C)n12. The van der Waals surface area contributed by atoms with Crippen molar-refractivity contribution < 1.29 is 0 Å². The Hall–Kier alpha value is -1.62. The quantitative estimate of drug-likeness (QED) is 0.882. The van der Waals surface area contributed by atoms with E-state index < -0.39 is 0 Å². The summed E-state index contributed by atoms with van der Waals surface area (Å²) in [6.45, 7) is 6.52. The average Bonchev–Trinajstić information content (AvgIpc) is 3.04. The molecule has 0 aliphatic carbocycles. The lowest BCUT2D eigenvalue weighted by atomic mass is 9.91. The molecule has 1 aliphatic heterocycles. The summed E-state index contributed by atoms with van der Waals surface area (Å²) < 4.78 is 2.25. The summed E-state index contributed by atoms with van der Waals surface area (Å²) in [7, 11) is 1.91. The molecule has 102 valence electrons. The highest BCUT2D eigenvalue weighted by atomic mass is 15.1. The number of fused-ring (bicyclic) bond motifs is 1. The second-order valence-electron chi connectivity index (χ2n) is 5.25. The van der Waals surface area contributed by atoms with Crippen LogP contribution < -0.4 is 10.6 Å². The van der Waals surface area contributed by atoms with Gasteiger partial charge in [-0.2, -0.15) is 0 Å². The largest absolute Gasteiger partial charge is 0.372 e. The van der Waals surface area contributed by atoms with Crippen molar-refractivity contribution in [3.63, 3.8) is 0 Å². The second kappa shape index (κ2) is 4.81. The van der Waals surface area contributed by atoms with Gasteiger partial charge in [-0.3, -0.25) is 4.40 Å². The number of rotatable bonds is 3. The zero-order chi connectivity index (χ0) is 13.4. The van der Waals surface area contributed by atoms with Crippen LogP contribution in [0.25, 0.3) is 5.65 Å². The van der Waals surface area contributed by atoms with Crippen molar-refractivity contribution in [2.75, 3.05) is 25.5 Å². The van der Waals surface area contributed by atoms with Gasteiger partial charge in [-0.15, -0.1) is 0 Å². The van der Waals surface area contributed by atoms with Gasteiger partial charge in [-0.1, -0.05) is 13.3 Å². The lowest BCUT2D eigenvalue weighted by molar-refractivity contribution is 0.491. The molecule has 2 atom stereocenters. The number of nitrogens with zero attached hydrogens (tertiary/aromatic N) is 3. The maximum Gasteiger partial charge on any atom is 0.155 e. The molecule has 5 nitrogen and oxygen atoms in total. The number of aromatic nitrogens is 3. The third-order valence-electron chi connectivity index (χ3n) is 4.28. The fraction of sp³-hybridized carbons (Fsp3) is 0.571. The van der Waals surface area contributed by atoms with Crippen molar-refractivity contribution in [2.45, 2.75) is 26.2 Å². The number of nitrogens with one attached hydrogen (secondary N) is 2. The van der Waals surface area contributed by atoms with Crippen molar-refractivity contribution in [3.05, 3.63) is 23.8 Å². The van der Waals surface area contributed by atoms with Gasteiger partial charge < -0.3 is 10.6 Å². The molecule has 2 unspecified atom stereocenters. The van der Waals surface area contributed by atoms with Gasteiger partial charge in [-0.05, 0) is 19.4 Å². The van der Waals surface area contributed by atoms with Crippen LogP contribution in [0.15, 0.2) is 12.4 Å². The van der Waals surface area contributed by atoms with Crippen molar-refractivity contribution in [3.8, 4) is 0 Å². The summed E-state index contributed by atoms with van der Waals surface area (Å²) in [5.41, 5.74) is 3.38. The van der Waals surface area contributed by atoms with E-state index in [0.717, 1.165) is 30.2 Å². The molecule has 0 spiro atoms. The lowest BCUT2D eigenvalue weighted by Crippen LogP contribution is -2.13. The molecular formula is C14H21N5. The molecule has 0 amide bonds. The highest BCUT2D eigenvalue weighted by Gasteiger charge is 2.29. The van der Waals surface area contributed by atoms with Crippen LogP contribution in [0.4, 0.5) is 5.82 Å². The van der Waals surface area contributed by atoms with Crippen LogP contribution in [-0.2, 0) is 0 Å². The summed E-state index contributed by atoms with van der Waals surface area (Å²) in [5.74, 6) is 2.17. The number of aryl methyl sites for hydroxylation is 1. The fourth-order valence-electron chi connectivity index (χ4n) is 3.17. The maximum absolute atomic E-state index is 4.51. The van der Waals surface area contributed by atoms with Crippen LogP contribution in [0, 0.1) is 12.8 Å². The zero-order valence-corrected chi connectivity index (χ0v) is 11.8. The highest BCUT2D eigenvalue weighted by Crippen LogP contribution is 2.31. The Morgan fingerprint density at radius 2 is 2.21 bits per heavy atom. The zero-order valence-electron chi connectivity index (χ0n) is 11.8. The van der Waals surface area contributed by atoms with Crippen LogP contribution in [0.2, 0.25) is 0 Å². The van der Waals surface area contributed by atoms with E-state index in [1.807, 2.05) is 19.4 Å². The van der Waals surface area contributed by atoms with E-state index in [0.29, 0.717) is 11.8 Å².